The van der Waals surface area contributed by atoms with Gasteiger partial charge in [-0.3, -0.25) is 0 Å². The van der Waals surface area contributed by atoms with E-state index in [0.717, 1.165) is 187 Å². The third-order valence-electron chi connectivity index (χ3n) is 21.9. The largest absolute Gasteiger partial charge is 0.423 e. The molecule has 0 amide bonds. The van der Waals surface area contributed by atoms with Crippen LogP contribution in [0.25, 0.3) is 0 Å². The van der Waals surface area contributed by atoms with Gasteiger partial charge in [0.15, 0.2) is 0 Å². The number of hydrogen-bond acceptors (Lipinski definition) is 12. The highest BCUT2D eigenvalue weighted by Crippen LogP contribution is 2.37. The Kier molecular flexibility index (Phi) is 45.3. The zero-order valence-electron chi connectivity index (χ0n) is 70.7. The minimum absolute atomic E-state index is 0.00960. The zero-order chi connectivity index (χ0) is 81.0. The summed E-state index contributed by atoms with van der Waals surface area (Å²) in [5, 5.41) is 0. The molecule has 0 aliphatic heterocycles. The molecule has 0 N–H and O–H groups in total. The van der Waals surface area contributed by atoms with Gasteiger partial charge in [0.05, 0.1) is 33.4 Å². The van der Waals surface area contributed by atoms with Crippen LogP contribution in [0.1, 0.15) is 407 Å². The lowest BCUT2D eigenvalue weighted by atomic mass is 9.85. The van der Waals surface area contributed by atoms with Crippen LogP contribution in [-0.2, 0) is 38.5 Å². The molecule has 0 saturated heterocycles. The quantitative estimate of drug-likeness (QED) is 0.0202. The van der Waals surface area contributed by atoms with Gasteiger partial charge in [-0.1, -0.05) is 345 Å². The molecule has 114 heavy (non-hydrogen) atoms. The van der Waals surface area contributed by atoms with E-state index in [2.05, 4.69) is 41.5 Å². The van der Waals surface area contributed by atoms with Gasteiger partial charge >= 0.3 is 35.8 Å². The van der Waals surface area contributed by atoms with E-state index in [1.165, 1.54) is 154 Å². The van der Waals surface area contributed by atoms with Gasteiger partial charge in [-0.15, -0.1) is 0 Å². The van der Waals surface area contributed by atoms with Gasteiger partial charge in [0.2, 0.25) is 0 Å². The third-order valence-corrected chi connectivity index (χ3v) is 21.9. The second kappa shape index (κ2) is 55.8. The fraction of sp³-hybridized carbons (Fsp3) is 0.529. The Balaban J connectivity index is 1.45. The van der Waals surface area contributed by atoms with E-state index in [-0.39, 0.29) is 34.5 Å². The second-order valence-electron chi connectivity index (χ2n) is 31.7. The molecule has 7 aromatic carbocycles. The van der Waals surface area contributed by atoms with Crippen LogP contribution >= 0.6 is 0 Å². The van der Waals surface area contributed by atoms with Crippen molar-refractivity contribution in [3.05, 3.63) is 212 Å². The zero-order valence-corrected chi connectivity index (χ0v) is 70.7. The average molecular weight is 1560 g/mol. The monoisotopic (exact) mass is 1560 g/mol. The minimum Gasteiger partial charge on any atom is -0.423 e. The third kappa shape index (κ3) is 34.4. The molecule has 0 saturated carbocycles. The molecular weight excluding hydrogens is 1420 g/mol. The molecule has 618 valence electrons. The van der Waals surface area contributed by atoms with E-state index >= 15 is 28.8 Å². The molecule has 0 bridgehead atoms. The molecule has 0 aliphatic rings. The first-order chi connectivity index (χ1) is 55.9. The summed E-state index contributed by atoms with van der Waals surface area (Å²) in [4.78, 5) is 97.5. The SMILES string of the molecule is CCCCCCCCCc1ccc(OC(=O)c2c(C(=O)Oc3ccc(CCCCCCCCC)cc3)c(C(=O)Oc3ccc(CCCCCCCCC)cc3)c(C(=O)Oc3ccc(CCCCCCCCC)cc3)c(C(=O)Oc3ccc(CCCCCCCCC)cc3)c2C(=O)Oc2ccc(CCCCCCCCC)cc2)cc1. The van der Waals surface area contributed by atoms with Crippen LogP contribution in [0, 0.1) is 0 Å². The van der Waals surface area contributed by atoms with Gasteiger partial charge in [-0.05, 0) is 183 Å². The van der Waals surface area contributed by atoms with Crippen molar-refractivity contribution < 1.29 is 57.2 Å². The van der Waals surface area contributed by atoms with Crippen molar-refractivity contribution in [1.29, 1.82) is 0 Å². The summed E-state index contributed by atoms with van der Waals surface area (Å²) in [5.41, 5.74) is 0.415. The average Bonchev–Trinajstić information content (AvgIpc) is 0.725. The molecule has 12 nitrogen and oxygen atoms in total. The van der Waals surface area contributed by atoms with E-state index in [0.29, 0.717) is 0 Å². The number of esters is 6. The lowest BCUT2D eigenvalue weighted by Crippen LogP contribution is -2.34. The Bertz CT molecular complexity index is 3200. The molecular formula is C102H138O12. The molecule has 0 fully saturated rings. The Morgan fingerprint density at radius 3 is 0.377 bits per heavy atom. The van der Waals surface area contributed by atoms with E-state index in [1.807, 2.05) is 72.8 Å². The maximum absolute atomic E-state index is 16.2. The molecule has 0 aromatic heterocycles. The molecule has 7 aromatic rings. The number of carbonyl (C=O) groups excluding carboxylic acids is 6. The Labute approximate surface area is 685 Å². The smallest absolute Gasteiger partial charge is 0.345 e. The van der Waals surface area contributed by atoms with E-state index in [4.69, 9.17) is 28.4 Å². The molecule has 0 radical (unpaired) electrons. The minimum atomic E-state index is -1.37. The Hall–Kier alpha value is -8.64. The van der Waals surface area contributed by atoms with E-state index < -0.39 is 69.2 Å². The van der Waals surface area contributed by atoms with Crippen LogP contribution in [0.4, 0.5) is 0 Å². The van der Waals surface area contributed by atoms with Crippen LogP contribution in [0.5, 0.6) is 34.5 Å². The van der Waals surface area contributed by atoms with Crippen molar-refractivity contribution >= 4 is 35.8 Å². The van der Waals surface area contributed by atoms with Gasteiger partial charge < -0.3 is 28.4 Å². The molecule has 0 unspecified atom stereocenters. The number of rotatable bonds is 60. The molecule has 0 atom stereocenters. The highest BCUT2D eigenvalue weighted by molar-refractivity contribution is 6.25. The predicted octanol–water partition coefficient (Wildman–Crippen LogP) is 28.8. The van der Waals surface area contributed by atoms with Crippen molar-refractivity contribution in [2.75, 3.05) is 0 Å². The van der Waals surface area contributed by atoms with Crippen molar-refractivity contribution in [3.63, 3.8) is 0 Å². The fourth-order valence-electron chi connectivity index (χ4n) is 15.0. The Morgan fingerprint density at radius 2 is 0.263 bits per heavy atom. The summed E-state index contributed by atoms with van der Waals surface area (Å²) in [6.45, 7) is 13.3. The van der Waals surface area contributed by atoms with Crippen LogP contribution in [0.15, 0.2) is 146 Å². The summed E-state index contributed by atoms with van der Waals surface area (Å²) in [7, 11) is 0. The molecule has 12 heteroatoms. The highest BCUT2D eigenvalue weighted by atomic mass is 16.6. The van der Waals surface area contributed by atoms with Crippen molar-refractivity contribution in [1.82, 2.24) is 0 Å². The first-order valence-corrected chi connectivity index (χ1v) is 45.0. The van der Waals surface area contributed by atoms with Gasteiger partial charge in [-0.2, -0.15) is 0 Å². The summed E-state index contributed by atoms with van der Waals surface area (Å²) in [6, 6.07) is 41.7. The lowest BCUT2D eigenvalue weighted by molar-refractivity contribution is 0.0635. The molecule has 7 rings (SSSR count). The maximum atomic E-state index is 16.2. The lowest BCUT2D eigenvalue weighted by Gasteiger charge is -2.22. The Morgan fingerprint density at radius 1 is 0.158 bits per heavy atom. The standard InChI is InChI=1S/C102H138O12/c1-7-13-19-25-31-37-43-49-79-55-67-85(68-56-79)109-97(103)91-92(98(104)110-86-69-57-80(58-70-86)50-44-38-32-26-20-14-8-2)94(100(106)112-88-73-61-82(62-74-88)52-46-40-34-28-22-16-10-4)96(102(108)114-90-77-65-84(66-78-90)54-48-42-36-30-24-18-12-6)95(101(107)113-89-75-63-83(64-76-89)53-47-41-35-29-23-17-11-5)93(91)99(105)111-87-71-59-81(60-72-87)51-45-39-33-27-21-15-9-3/h55-78H,7-54H2,1-6H3. The highest BCUT2D eigenvalue weighted by Gasteiger charge is 2.45. The number of unbranched alkanes of at least 4 members (excludes halogenated alkanes) is 36. The van der Waals surface area contributed by atoms with Crippen molar-refractivity contribution in [3.8, 4) is 34.5 Å². The maximum Gasteiger partial charge on any atom is 0.345 e. The summed E-state index contributed by atoms with van der Waals surface area (Å²) in [6.07, 6.45) is 52.2. The van der Waals surface area contributed by atoms with Crippen LogP contribution in [0.2, 0.25) is 0 Å². The number of hydrogen-bond donors (Lipinski definition) is 0. The summed E-state index contributed by atoms with van der Waals surface area (Å²) >= 11 is 0. The predicted molar refractivity (Wildman–Crippen MR) is 465 cm³/mol. The number of aryl methyl sites for hydroxylation is 6. The van der Waals surface area contributed by atoms with Crippen LogP contribution in [-0.4, -0.2) is 35.8 Å². The normalized spacial score (nSPS) is 11.2. The topological polar surface area (TPSA) is 158 Å². The molecule has 0 heterocycles. The van der Waals surface area contributed by atoms with Gasteiger partial charge in [0, 0.05) is 0 Å². The van der Waals surface area contributed by atoms with Gasteiger partial charge in [0.1, 0.15) is 34.5 Å². The first-order valence-electron chi connectivity index (χ1n) is 45.0. The van der Waals surface area contributed by atoms with E-state index in [1.54, 1.807) is 72.8 Å². The number of carbonyl (C=O) groups is 6. The second-order valence-corrected chi connectivity index (χ2v) is 31.7. The van der Waals surface area contributed by atoms with Gasteiger partial charge in [-0.25, -0.2) is 28.8 Å². The van der Waals surface area contributed by atoms with Crippen LogP contribution in [0.3, 0.4) is 0 Å². The molecule has 0 aliphatic carbocycles. The summed E-state index contributed by atoms with van der Waals surface area (Å²) < 4.78 is 38.1. The summed E-state index contributed by atoms with van der Waals surface area (Å²) in [5.74, 6) is -8.15. The first kappa shape index (κ1) is 92.5. The van der Waals surface area contributed by atoms with Crippen LogP contribution < -0.4 is 28.4 Å². The number of benzene rings is 7. The van der Waals surface area contributed by atoms with Crippen molar-refractivity contribution in [2.45, 2.75) is 350 Å². The number of ether oxygens (including phenoxy) is 6. The van der Waals surface area contributed by atoms with Gasteiger partial charge in [0.25, 0.3) is 0 Å². The van der Waals surface area contributed by atoms with Crippen molar-refractivity contribution in [2.24, 2.45) is 0 Å². The van der Waals surface area contributed by atoms with E-state index in [9.17, 15) is 0 Å². The molecule has 0 spiro atoms. The fourth-order valence-corrected chi connectivity index (χ4v) is 15.0.